The Morgan fingerprint density at radius 1 is 0.317 bits per heavy atom. The van der Waals surface area contributed by atoms with Gasteiger partial charge in [-0.05, 0) is 70.6 Å². The van der Waals surface area contributed by atoms with E-state index in [2.05, 4.69) is 57.2 Å². The second-order valence-electron chi connectivity index (χ2n) is 18.5. The molecule has 6 heteroatoms. The van der Waals surface area contributed by atoms with Crippen molar-refractivity contribution in [3.05, 3.63) is 36.5 Å². The van der Waals surface area contributed by atoms with E-state index >= 15 is 0 Å². The first-order valence-corrected chi connectivity index (χ1v) is 27.5. The number of hydrogen-bond acceptors (Lipinski definition) is 6. The van der Waals surface area contributed by atoms with Gasteiger partial charge in [0.05, 0.1) is 0 Å². The fourth-order valence-corrected chi connectivity index (χ4v) is 7.96. The van der Waals surface area contributed by atoms with E-state index in [0.717, 1.165) is 70.6 Å². The molecule has 1 atom stereocenters. The Morgan fingerprint density at radius 3 is 0.921 bits per heavy atom. The van der Waals surface area contributed by atoms with E-state index in [-0.39, 0.29) is 31.1 Å². The van der Waals surface area contributed by atoms with Crippen LogP contribution in [0.2, 0.25) is 0 Å². The van der Waals surface area contributed by atoms with Gasteiger partial charge in [-0.2, -0.15) is 0 Å². The van der Waals surface area contributed by atoms with E-state index in [1.807, 2.05) is 0 Å². The van der Waals surface area contributed by atoms with Crippen molar-refractivity contribution in [1.82, 2.24) is 0 Å². The van der Waals surface area contributed by atoms with E-state index in [1.54, 1.807) is 0 Å². The molecule has 0 rings (SSSR count). The molecular formula is C57H104O6. The maximum absolute atomic E-state index is 12.8. The number of hydrogen-bond donors (Lipinski definition) is 0. The van der Waals surface area contributed by atoms with Gasteiger partial charge in [0.25, 0.3) is 0 Å². The van der Waals surface area contributed by atoms with Gasteiger partial charge in [-0.3, -0.25) is 14.4 Å². The van der Waals surface area contributed by atoms with Gasteiger partial charge in [-0.15, -0.1) is 0 Å². The summed E-state index contributed by atoms with van der Waals surface area (Å²) in [6, 6.07) is 0. The van der Waals surface area contributed by atoms with Crippen LogP contribution in [0.15, 0.2) is 36.5 Å². The molecule has 368 valence electrons. The first-order valence-electron chi connectivity index (χ1n) is 27.5. The van der Waals surface area contributed by atoms with Gasteiger partial charge in [-0.25, -0.2) is 0 Å². The number of rotatable bonds is 50. The third-order valence-electron chi connectivity index (χ3n) is 12.1. The normalized spacial score (nSPS) is 12.2. The van der Waals surface area contributed by atoms with Crippen LogP contribution in [0.4, 0.5) is 0 Å². The predicted molar refractivity (Wildman–Crippen MR) is 270 cm³/mol. The summed E-state index contributed by atoms with van der Waals surface area (Å²) in [5.74, 6) is -0.884. The number of unbranched alkanes of at least 4 members (excludes halogenated alkanes) is 34. The molecular weight excluding hydrogens is 781 g/mol. The van der Waals surface area contributed by atoms with Gasteiger partial charge in [0, 0.05) is 19.3 Å². The minimum absolute atomic E-state index is 0.0765. The highest BCUT2D eigenvalue weighted by Crippen LogP contribution is 2.16. The van der Waals surface area contributed by atoms with E-state index in [9.17, 15) is 14.4 Å². The maximum atomic E-state index is 12.8. The zero-order valence-corrected chi connectivity index (χ0v) is 42.1. The van der Waals surface area contributed by atoms with Crippen LogP contribution in [0.5, 0.6) is 0 Å². The molecule has 0 aromatic carbocycles. The first-order chi connectivity index (χ1) is 31.0. The Kier molecular flexibility index (Phi) is 50.3. The smallest absolute Gasteiger partial charge is 0.306 e. The summed E-state index contributed by atoms with van der Waals surface area (Å²) in [7, 11) is 0. The monoisotopic (exact) mass is 885 g/mol. The van der Waals surface area contributed by atoms with Crippen LogP contribution >= 0.6 is 0 Å². The fourth-order valence-electron chi connectivity index (χ4n) is 7.96. The summed E-state index contributed by atoms with van der Waals surface area (Å²) >= 11 is 0. The Balaban J connectivity index is 4.35. The minimum Gasteiger partial charge on any atom is -0.462 e. The molecule has 6 nitrogen and oxygen atoms in total. The van der Waals surface area contributed by atoms with Gasteiger partial charge >= 0.3 is 17.9 Å². The molecule has 0 aliphatic carbocycles. The van der Waals surface area contributed by atoms with E-state index in [0.29, 0.717) is 19.3 Å². The highest BCUT2D eigenvalue weighted by molar-refractivity contribution is 5.71. The van der Waals surface area contributed by atoms with Crippen molar-refractivity contribution in [2.24, 2.45) is 0 Å². The molecule has 1 unspecified atom stereocenters. The Morgan fingerprint density at radius 2 is 0.571 bits per heavy atom. The van der Waals surface area contributed by atoms with Crippen molar-refractivity contribution in [3.63, 3.8) is 0 Å². The zero-order chi connectivity index (χ0) is 45.8. The number of allylic oxidation sites excluding steroid dienone is 6. The van der Waals surface area contributed by atoms with Crippen LogP contribution in [0.25, 0.3) is 0 Å². The van der Waals surface area contributed by atoms with Crippen LogP contribution in [0, 0.1) is 0 Å². The largest absolute Gasteiger partial charge is 0.462 e. The lowest BCUT2D eigenvalue weighted by Crippen LogP contribution is -2.30. The van der Waals surface area contributed by atoms with E-state index in [1.165, 1.54) is 180 Å². The van der Waals surface area contributed by atoms with Crippen molar-refractivity contribution >= 4 is 17.9 Å². The van der Waals surface area contributed by atoms with Crippen molar-refractivity contribution in [1.29, 1.82) is 0 Å². The van der Waals surface area contributed by atoms with Crippen molar-refractivity contribution in [3.8, 4) is 0 Å². The Hall–Kier alpha value is -2.37. The van der Waals surface area contributed by atoms with Gasteiger partial charge in [0.15, 0.2) is 6.10 Å². The Bertz CT molecular complexity index is 1060. The van der Waals surface area contributed by atoms with Crippen LogP contribution in [0.3, 0.4) is 0 Å². The summed E-state index contributed by atoms with van der Waals surface area (Å²) < 4.78 is 16.8. The third-order valence-corrected chi connectivity index (χ3v) is 12.1. The summed E-state index contributed by atoms with van der Waals surface area (Å²) in [4.78, 5) is 38.0. The molecule has 0 spiro atoms. The molecule has 0 saturated heterocycles. The molecule has 0 aromatic rings. The first kappa shape index (κ1) is 60.6. The number of ether oxygens (including phenoxy) is 3. The summed E-state index contributed by atoms with van der Waals surface area (Å²) in [6.45, 7) is 6.62. The molecule has 0 bridgehead atoms. The van der Waals surface area contributed by atoms with Gasteiger partial charge in [0.1, 0.15) is 13.2 Å². The molecule has 0 saturated carbocycles. The molecule has 0 radical (unpaired) electrons. The average Bonchev–Trinajstić information content (AvgIpc) is 3.28. The number of carbonyl (C=O) groups is 3. The Labute approximate surface area is 391 Å². The van der Waals surface area contributed by atoms with Gasteiger partial charge in [0.2, 0.25) is 0 Å². The summed E-state index contributed by atoms with van der Waals surface area (Å²) in [5, 5.41) is 0. The van der Waals surface area contributed by atoms with Crippen molar-refractivity contribution in [2.75, 3.05) is 13.2 Å². The topological polar surface area (TPSA) is 78.9 Å². The highest BCUT2D eigenvalue weighted by atomic mass is 16.6. The second-order valence-corrected chi connectivity index (χ2v) is 18.5. The number of esters is 3. The quantitative estimate of drug-likeness (QED) is 0.0199. The van der Waals surface area contributed by atoms with Gasteiger partial charge in [-0.1, -0.05) is 237 Å². The van der Waals surface area contributed by atoms with Crippen molar-refractivity contribution < 1.29 is 28.6 Å². The highest BCUT2D eigenvalue weighted by Gasteiger charge is 2.19. The van der Waals surface area contributed by atoms with Crippen LogP contribution < -0.4 is 0 Å². The number of carbonyl (C=O) groups excluding carboxylic acids is 3. The van der Waals surface area contributed by atoms with E-state index in [4.69, 9.17) is 14.2 Å². The fraction of sp³-hybridized carbons (Fsp3) is 0.842. The van der Waals surface area contributed by atoms with Gasteiger partial charge < -0.3 is 14.2 Å². The molecule has 0 amide bonds. The molecule has 0 aliphatic rings. The predicted octanol–water partition coefficient (Wildman–Crippen LogP) is 18.1. The molecule has 63 heavy (non-hydrogen) atoms. The SMILES string of the molecule is CCCCC/C=C\C=C/CCCCCCCCC(=O)OC(COC(=O)CCCCCCC/C=C\CCCCCCCCCCC)COC(=O)CCCCCCCCCCCCCC. The van der Waals surface area contributed by atoms with Crippen molar-refractivity contribution in [2.45, 2.75) is 297 Å². The summed E-state index contributed by atoms with van der Waals surface area (Å²) in [5.41, 5.74) is 0. The molecule has 0 aliphatic heterocycles. The molecule has 0 heterocycles. The second kappa shape index (κ2) is 52.3. The zero-order valence-electron chi connectivity index (χ0n) is 42.1. The van der Waals surface area contributed by atoms with Crippen LogP contribution in [-0.4, -0.2) is 37.2 Å². The third kappa shape index (κ3) is 50.5. The molecule has 0 aromatic heterocycles. The average molecular weight is 885 g/mol. The van der Waals surface area contributed by atoms with E-state index < -0.39 is 6.10 Å². The summed E-state index contributed by atoms with van der Waals surface area (Å²) in [6.07, 6.45) is 61.3. The lowest BCUT2D eigenvalue weighted by Gasteiger charge is -2.18. The van der Waals surface area contributed by atoms with Crippen LogP contribution in [0.1, 0.15) is 290 Å². The maximum Gasteiger partial charge on any atom is 0.306 e. The lowest BCUT2D eigenvalue weighted by molar-refractivity contribution is -0.167. The molecule has 0 fully saturated rings. The van der Waals surface area contributed by atoms with Crippen LogP contribution in [-0.2, 0) is 28.6 Å². The lowest BCUT2D eigenvalue weighted by atomic mass is 10.0. The standard InChI is InChI=1S/C57H104O6/c1-4-7-10-13-16-19-22-25-27-28-29-31-32-35-38-41-44-47-50-56(59)62-53-54(52-61-55(58)49-46-43-40-37-34-24-21-18-15-12-9-6-3)63-57(60)51-48-45-42-39-36-33-30-26-23-20-17-14-11-8-5-2/h17,20,23,26,29,31,54H,4-16,18-19,21-22,24-25,27-28,30,32-53H2,1-3H3/b20-17-,26-23-,31-29-. The molecule has 0 N–H and O–H groups in total. The minimum atomic E-state index is -0.778.